The Bertz CT molecular complexity index is 411. The molecule has 1 amide bonds. The van der Waals surface area contributed by atoms with Gasteiger partial charge >= 0.3 is 6.09 Å². The number of aryl methyl sites for hydroxylation is 3. The summed E-state index contributed by atoms with van der Waals surface area (Å²) in [5.74, 6) is 0. The fraction of sp³-hybridized carbons (Fsp3) is 0.538. The zero-order valence-corrected chi connectivity index (χ0v) is 11.3. The zero-order valence-electron chi connectivity index (χ0n) is 11.3. The SMILES string of the molecule is Cc1cc(C)c(NC(=O)OC(C)(C)C)c(C)n1. The molecule has 0 radical (unpaired) electrons. The largest absolute Gasteiger partial charge is 0.444 e. The van der Waals surface area contributed by atoms with Crippen molar-refractivity contribution in [1.82, 2.24) is 4.98 Å². The minimum atomic E-state index is -0.496. The Morgan fingerprint density at radius 2 is 1.88 bits per heavy atom. The van der Waals surface area contributed by atoms with Crippen molar-refractivity contribution in [3.05, 3.63) is 23.0 Å². The minimum Gasteiger partial charge on any atom is -0.444 e. The Balaban J connectivity index is 2.86. The van der Waals surface area contributed by atoms with Gasteiger partial charge in [-0.2, -0.15) is 0 Å². The Morgan fingerprint density at radius 1 is 1.29 bits per heavy atom. The fourth-order valence-electron chi connectivity index (χ4n) is 1.62. The lowest BCUT2D eigenvalue weighted by Gasteiger charge is -2.20. The third kappa shape index (κ3) is 4.06. The van der Waals surface area contributed by atoms with Gasteiger partial charge < -0.3 is 4.74 Å². The van der Waals surface area contributed by atoms with Crippen LogP contribution in [0.5, 0.6) is 0 Å². The van der Waals surface area contributed by atoms with E-state index >= 15 is 0 Å². The lowest BCUT2D eigenvalue weighted by Crippen LogP contribution is -2.27. The molecule has 0 aliphatic carbocycles. The number of hydrogen-bond acceptors (Lipinski definition) is 3. The normalized spacial score (nSPS) is 11.2. The smallest absolute Gasteiger partial charge is 0.412 e. The maximum Gasteiger partial charge on any atom is 0.412 e. The van der Waals surface area contributed by atoms with E-state index in [2.05, 4.69) is 10.3 Å². The molecule has 1 heterocycles. The van der Waals surface area contributed by atoms with Crippen molar-refractivity contribution < 1.29 is 9.53 Å². The Hall–Kier alpha value is -1.58. The Labute approximate surface area is 102 Å². The summed E-state index contributed by atoms with van der Waals surface area (Å²) >= 11 is 0. The Kier molecular flexibility index (Phi) is 3.76. The molecule has 17 heavy (non-hydrogen) atoms. The molecule has 0 aliphatic heterocycles. The van der Waals surface area contributed by atoms with Crippen LogP contribution in [0.25, 0.3) is 0 Å². The van der Waals surface area contributed by atoms with Gasteiger partial charge in [0.2, 0.25) is 0 Å². The van der Waals surface area contributed by atoms with Crippen molar-refractivity contribution in [1.29, 1.82) is 0 Å². The highest BCUT2D eigenvalue weighted by Gasteiger charge is 2.17. The molecule has 1 rings (SSSR count). The molecule has 4 heteroatoms. The molecule has 0 saturated heterocycles. The number of carbonyl (C=O) groups excluding carboxylic acids is 1. The van der Waals surface area contributed by atoms with E-state index in [1.165, 1.54) is 0 Å². The Morgan fingerprint density at radius 3 is 2.35 bits per heavy atom. The highest BCUT2D eigenvalue weighted by Crippen LogP contribution is 2.20. The first kappa shape index (κ1) is 13.5. The van der Waals surface area contributed by atoms with E-state index in [1.807, 2.05) is 47.6 Å². The van der Waals surface area contributed by atoms with Gasteiger partial charge in [0, 0.05) is 5.69 Å². The average Bonchev–Trinajstić information content (AvgIpc) is 2.08. The van der Waals surface area contributed by atoms with E-state index < -0.39 is 11.7 Å². The summed E-state index contributed by atoms with van der Waals surface area (Å²) in [6.07, 6.45) is -0.450. The van der Waals surface area contributed by atoms with Gasteiger partial charge in [0.1, 0.15) is 5.60 Å². The second-order valence-electron chi connectivity index (χ2n) is 5.17. The number of nitrogens with zero attached hydrogens (tertiary/aromatic N) is 1. The summed E-state index contributed by atoms with van der Waals surface area (Å²) in [6.45, 7) is 11.2. The van der Waals surface area contributed by atoms with E-state index in [0.29, 0.717) is 0 Å². The van der Waals surface area contributed by atoms with Crippen LogP contribution in [0.4, 0.5) is 10.5 Å². The number of anilines is 1. The number of hydrogen-bond donors (Lipinski definition) is 1. The number of nitrogens with one attached hydrogen (secondary N) is 1. The molecule has 0 aromatic carbocycles. The van der Waals surface area contributed by atoms with Crippen molar-refractivity contribution in [3.8, 4) is 0 Å². The first-order valence-electron chi connectivity index (χ1n) is 5.64. The maximum atomic E-state index is 11.7. The highest BCUT2D eigenvalue weighted by atomic mass is 16.6. The van der Waals surface area contributed by atoms with Crippen LogP contribution < -0.4 is 5.32 Å². The molecule has 1 aromatic rings. The predicted octanol–water partition coefficient (Wildman–Crippen LogP) is 3.35. The first-order chi connectivity index (χ1) is 7.69. The summed E-state index contributed by atoms with van der Waals surface area (Å²) in [6, 6.07) is 1.93. The topological polar surface area (TPSA) is 51.2 Å². The number of rotatable bonds is 1. The minimum absolute atomic E-state index is 0.450. The molecule has 1 aromatic heterocycles. The van der Waals surface area contributed by atoms with Crippen molar-refractivity contribution >= 4 is 11.8 Å². The van der Waals surface area contributed by atoms with Gasteiger partial charge in [0.15, 0.2) is 0 Å². The molecule has 0 unspecified atom stereocenters. The van der Waals surface area contributed by atoms with Crippen LogP contribution in [-0.2, 0) is 4.74 Å². The van der Waals surface area contributed by atoms with Crippen molar-refractivity contribution in [2.45, 2.75) is 47.1 Å². The van der Waals surface area contributed by atoms with Crippen LogP contribution in [0.1, 0.15) is 37.7 Å². The summed E-state index contributed by atoms with van der Waals surface area (Å²) in [5.41, 5.74) is 2.96. The summed E-state index contributed by atoms with van der Waals surface area (Å²) in [5, 5.41) is 2.74. The monoisotopic (exact) mass is 236 g/mol. The van der Waals surface area contributed by atoms with Crippen LogP contribution in [0.3, 0.4) is 0 Å². The standard InChI is InChI=1S/C13H20N2O2/c1-8-7-9(2)14-10(3)11(8)15-12(16)17-13(4,5)6/h7H,1-6H3,(H,15,16). The number of ether oxygens (including phenoxy) is 1. The lowest BCUT2D eigenvalue weighted by molar-refractivity contribution is 0.0635. The van der Waals surface area contributed by atoms with E-state index in [-0.39, 0.29) is 0 Å². The zero-order chi connectivity index (χ0) is 13.2. The van der Waals surface area contributed by atoms with E-state index in [4.69, 9.17) is 4.74 Å². The molecule has 0 aliphatic rings. The van der Waals surface area contributed by atoms with E-state index in [9.17, 15) is 4.79 Å². The molecule has 0 atom stereocenters. The molecular formula is C13H20N2O2. The van der Waals surface area contributed by atoms with Gasteiger partial charge in [0.05, 0.1) is 11.4 Å². The van der Waals surface area contributed by atoms with Gasteiger partial charge in [-0.3, -0.25) is 10.3 Å². The van der Waals surface area contributed by atoms with Crippen LogP contribution in [0.2, 0.25) is 0 Å². The molecular weight excluding hydrogens is 216 g/mol. The van der Waals surface area contributed by atoms with Crippen molar-refractivity contribution in [3.63, 3.8) is 0 Å². The number of carbonyl (C=O) groups is 1. The molecule has 0 bridgehead atoms. The molecule has 1 N–H and O–H groups in total. The lowest BCUT2D eigenvalue weighted by atomic mass is 10.1. The summed E-state index contributed by atoms with van der Waals surface area (Å²) in [4.78, 5) is 16.0. The van der Waals surface area contributed by atoms with Gasteiger partial charge in [-0.05, 0) is 53.2 Å². The second-order valence-corrected chi connectivity index (χ2v) is 5.17. The van der Waals surface area contributed by atoms with Crippen LogP contribution in [-0.4, -0.2) is 16.7 Å². The van der Waals surface area contributed by atoms with E-state index in [1.54, 1.807) is 0 Å². The van der Waals surface area contributed by atoms with Crippen molar-refractivity contribution in [2.24, 2.45) is 0 Å². The number of amides is 1. The van der Waals surface area contributed by atoms with Gasteiger partial charge in [0.25, 0.3) is 0 Å². The van der Waals surface area contributed by atoms with Crippen LogP contribution in [0.15, 0.2) is 6.07 Å². The van der Waals surface area contributed by atoms with Gasteiger partial charge in [-0.15, -0.1) is 0 Å². The average molecular weight is 236 g/mol. The third-order valence-corrected chi connectivity index (χ3v) is 2.15. The molecule has 0 saturated carbocycles. The molecule has 4 nitrogen and oxygen atoms in total. The van der Waals surface area contributed by atoms with Gasteiger partial charge in [-0.1, -0.05) is 0 Å². The maximum absolute atomic E-state index is 11.7. The molecule has 0 fully saturated rings. The summed E-state index contributed by atoms with van der Waals surface area (Å²) in [7, 11) is 0. The molecule has 0 spiro atoms. The fourth-order valence-corrected chi connectivity index (χ4v) is 1.62. The highest BCUT2D eigenvalue weighted by molar-refractivity contribution is 5.86. The summed E-state index contributed by atoms with van der Waals surface area (Å²) < 4.78 is 5.20. The first-order valence-corrected chi connectivity index (χ1v) is 5.64. The second kappa shape index (κ2) is 4.73. The molecule has 94 valence electrons. The van der Waals surface area contributed by atoms with Crippen molar-refractivity contribution in [2.75, 3.05) is 5.32 Å². The van der Waals surface area contributed by atoms with Gasteiger partial charge in [-0.25, -0.2) is 4.79 Å². The van der Waals surface area contributed by atoms with Crippen LogP contribution >= 0.6 is 0 Å². The van der Waals surface area contributed by atoms with E-state index in [0.717, 1.165) is 22.6 Å². The number of pyridine rings is 1. The number of aromatic nitrogens is 1. The quantitative estimate of drug-likeness (QED) is 0.813. The van der Waals surface area contributed by atoms with Crippen LogP contribution in [0, 0.1) is 20.8 Å². The third-order valence-electron chi connectivity index (χ3n) is 2.15. The predicted molar refractivity (Wildman–Crippen MR) is 68.3 cm³/mol.